The minimum atomic E-state index is -3.76. The van der Waals surface area contributed by atoms with Gasteiger partial charge in [-0.1, -0.05) is 0 Å². The largest absolute Gasteiger partial charge is 0.481 e. The molecule has 0 unspecified atom stereocenters. The van der Waals surface area contributed by atoms with Gasteiger partial charge in [-0.05, 0) is 17.7 Å². The van der Waals surface area contributed by atoms with Crippen molar-refractivity contribution in [2.75, 3.05) is 11.8 Å². The molecule has 19 heavy (non-hydrogen) atoms. The lowest BCUT2D eigenvalue weighted by Gasteiger charge is -2.07. The van der Waals surface area contributed by atoms with E-state index in [1.165, 1.54) is 25.4 Å². The van der Waals surface area contributed by atoms with Crippen LogP contribution in [0.1, 0.15) is 0 Å². The van der Waals surface area contributed by atoms with E-state index in [-0.39, 0.29) is 10.2 Å². The number of aromatic nitrogens is 3. The Morgan fingerprint density at radius 3 is 2.37 bits per heavy atom. The third kappa shape index (κ3) is 3.30. The molecule has 0 saturated heterocycles. The molecule has 0 bridgehead atoms. The van der Waals surface area contributed by atoms with Crippen LogP contribution < -0.4 is 9.46 Å². The summed E-state index contributed by atoms with van der Waals surface area (Å²) in [6.45, 7) is 0. The van der Waals surface area contributed by atoms with Gasteiger partial charge in [0.05, 0.1) is 31.4 Å². The summed E-state index contributed by atoms with van der Waals surface area (Å²) in [5, 5.41) is -0.0231. The van der Waals surface area contributed by atoms with Gasteiger partial charge in [0, 0.05) is 6.07 Å². The molecule has 2 rings (SSSR count). The number of rotatable bonds is 4. The van der Waals surface area contributed by atoms with Crippen molar-refractivity contribution in [3.05, 3.63) is 36.0 Å². The van der Waals surface area contributed by atoms with Gasteiger partial charge in [-0.25, -0.2) is 23.4 Å². The van der Waals surface area contributed by atoms with Crippen LogP contribution in [0.2, 0.25) is 5.28 Å². The number of methoxy groups -OCH3 is 1. The molecule has 0 aliphatic carbocycles. The highest BCUT2D eigenvalue weighted by Gasteiger charge is 2.15. The average Bonchev–Trinajstić information content (AvgIpc) is 2.40. The maximum atomic E-state index is 12.0. The van der Waals surface area contributed by atoms with E-state index in [0.717, 1.165) is 12.4 Å². The molecule has 0 aliphatic rings. The van der Waals surface area contributed by atoms with Gasteiger partial charge in [0.1, 0.15) is 4.90 Å². The van der Waals surface area contributed by atoms with E-state index in [9.17, 15) is 8.42 Å². The van der Waals surface area contributed by atoms with E-state index >= 15 is 0 Å². The molecular formula is C10H9ClN4O3S. The molecule has 7 nitrogen and oxygen atoms in total. The van der Waals surface area contributed by atoms with Crippen molar-refractivity contribution in [3.63, 3.8) is 0 Å². The third-order valence-corrected chi connectivity index (χ3v) is 3.64. The highest BCUT2D eigenvalue weighted by molar-refractivity contribution is 7.92. The fourth-order valence-corrected chi connectivity index (χ4v) is 2.24. The first-order valence-electron chi connectivity index (χ1n) is 5.02. The minimum Gasteiger partial charge on any atom is -0.481 e. The number of nitrogens with zero attached hydrogens (tertiary/aromatic N) is 3. The number of hydrogen-bond acceptors (Lipinski definition) is 6. The molecule has 0 amide bonds. The second-order valence-corrected chi connectivity index (χ2v) is 5.40. The van der Waals surface area contributed by atoms with Crippen LogP contribution in [0, 0.1) is 0 Å². The molecule has 100 valence electrons. The van der Waals surface area contributed by atoms with Crippen molar-refractivity contribution in [1.82, 2.24) is 15.0 Å². The van der Waals surface area contributed by atoms with Gasteiger partial charge in [0.25, 0.3) is 10.0 Å². The lowest BCUT2D eigenvalue weighted by molar-refractivity contribution is 0.398. The van der Waals surface area contributed by atoms with Crippen LogP contribution in [0.3, 0.4) is 0 Å². The van der Waals surface area contributed by atoms with Crippen molar-refractivity contribution < 1.29 is 13.2 Å². The molecule has 0 fully saturated rings. The van der Waals surface area contributed by atoms with E-state index < -0.39 is 10.0 Å². The molecule has 0 aliphatic heterocycles. The first-order chi connectivity index (χ1) is 9.01. The summed E-state index contributed by atoms with van der Waals surface area (Å²) in [7, 11) is -2.29. The second-order valence-electron chi connectivity index (χ2n) is 3.38. The summed E-state index contributed by atoms with van der Waals surface area (Å²) in [6, 6.07) is 3.07. The van der Waals surface area contributed by atoms with E-state index in [1.807, 2.05) is 0 Å². The Morgan fingerprint density at radius 1 is 1.16 bits per heavy atom. The Balaban J connectivity index is 2.23. The van der Waals surface area contributed by atoms with Gasteiger partial charge >= 0.3 is 0 Å². The van der Waals surface area contributed by atoms with Gasteiger partial charge in [-0.15, -0.1) is 0 Å². The first-order valence-corrected chi connectivity index (χ1v) is 6.88. The Hall–Kier alpha value is -1.93. The molecular weight excluding hydrogens is 292 g/mol. The van der Waals surface area contributed by atoms with Crippen LogP contribution in [0.15, 0.2) is 35.6 Å². The average molecular weight is 301 g/mol. The molecule has 9 heteroatoms. The quantitative estimate of drug-likeness (QED) is 0.856. The molecule has 0 spiro atoms. The summed E-state index contributed by atoms with van der Waals surface area (Å²) in [5.41, 5.74) is 0.302. The Bertz CT molecular complexity index is 658. The fourth-order valence-electron chi connectivity index (χ4n) is 1.21. The zero-order valence-corrected chi connectivity index (χ0v) is 11.3. The SMILES string of the molecule is COc1ccc(NS(=O)(=O)c2cnc(Cl)nc2)cn1. The summed E-state index contributed by atoms with van der Waals surface area (Å²) >= 11 is 5.49. The van der Waals surface area contributed by atoms with Gasteiger partial charge < -0.3 is 4.74 Å². The normalized spacial score (nSPS) is 11.1. The lowest BCUT2D eigenvalue weighted by atomic mass is 10.4. The fraction of sp³-hybridized carbons (Fsp3) is 0.100. The number of halogens is 1. The van der Waals surface area contributed by atoms with E-state index in [2.05, 4.69) is 19.7 Å². The smallest absolute Gasteiger partial charge is 0.265 e. The number of hydrogen-bond donors (Lipinski definition) is 1. The second kappa shape index (κ2) is 5.37. The van der Waals surface area contributed by atoms with Crippen molar-refractivity contribution in [3.8, 4) is 5.88 Å². The number of nitrogens with one attached hydrogen (secondary N) is 1. The van der Waals surface area contributed by atoms with Crippen LogP contribution >= 0.6 is 11.6 Å². The summed E-state index contributed by atoms with van der Waals surface area (Å²) in [6.07, 6.45) is 3.58. The molecule has 2 aromatic rings. The van der Waals surface area contributed by atoms with Crippen molar-refractivity contribution in [2.24, 2.45) is 0 Å². The number of pyridine rings is 1. The van der Waals surface area contributed by atoms with Gasteiger partial charge in [0.15, 0.2) is 0 Å². The minimum absolute atomic E-state index is 0.0231. The highest BCUT2D eigenvalue weighted by atomic mass is 35.5. The van der Waals surface area contributed by atoms with Crippen LogP contribution in [0.4, 0.5) is 5.69 Å². The van der Waals surface area contributed by atoms with E-state index in [1.54, 1.807) is 0 Å². The first kappa shape index (κ1) is 13.5. The Morgan fingerprint density at radius 2 is 1.84 bits per heavy atom. The van der Waals surface area contributed by atoms with Gasteiger partial charge in [-0.3, -0.25) is 4.72 Å². The standard InChI is InChI=1S/C10H9ClN4O3S/c1-18-9-3-2-7(4-12-9)15-19(16,17)8-5-13-10(11)14-6-8/h2-6,15H,1H3. The lowest BCUT2D eigenvalue weighted by Crippen LogP contribution is -2.13. The zero-order chi connectivity index (χ0) is 13.9. The number of ether oxygens (including phenoxy) is 1. The molecule has 1 N–H and O–H groups in total. The Labute approximate surface area is 114 Å². The van der Waals surface area contributed by atoms with Gasteiger partial charge in [0.2, 0.25) is 11.2 Å². The maximum Gasteiger partial charge on any atom is 0.265 e. The Kier molecular flexibility index (Phi) is 3.82. The van der Waals surface area contributed by atoms with Crippen LogP contribution in [-0.2, 0) is 10.0 Å². The van der Waals surface area contributed by atoms with Crippen molar-refractivity contribution in [2.45, 2.75) is 4.90 Å². The third-order valence-electron chi connectivity index (χ3n) is 2.10. The predicted molar refractivity (Wildman–Crippen MR) is 68.6 cm³/mol. The summed E-state index contributed by atoms with van der Waals surface area (Å²) < 4.78 is 31.2. The summed E-state index contributed by atoms with van der Waals surface area (Å²) in [5.74, 6) is 0.387. The van der Waals surface area contributed by atoms with Crippen LogP contribution in [0.25, 0.3) is 0 Å². The summed E-state index contributed by atoms with van der Waals surface area (Å²) in [4.78, 5) is 11.0. The van der Waals surface area contributed by atoms with Crippen molar-refractivity contribution in [1.29, 1.82) is 0 Å². The van der Waals surface area contributed by atoms with Gasteiger partial charge in [-0.2, -0.15) is 0 Å². The number of sulfonamides is 1. The molecule has 0 saturated carbocycles. The molecule has 0 radical (unpaired) electrons. The molecule has 0 atom stereocenters. The van der Waals surface area contributed by atoms with E-state index in [4.69, 9.17) is 16.3 Å². The predicted octanol–water partition coefficient (Wildman–Crippen LogP) is 1.33. The van der Waals surface area contributed by atoms with E-state index in [0.29, 0.717) is 11.6 Å². The highest BCUT2D eigenvalue weighted by Crippen LogP contribution is 2.16. The zero-order valence-electron chi connectivity index (χ0n) is 9.74. The molecule has 2 heterocycles. The van der Waals surface area contributed by atoms with Crippen LogP contribution in [0.5, 0.6) is 5.88 Å². The number of anilines is 1. The van der Waals surface area contributed by atoms with Crippen LogP contribution in [-0.4, -0.2) is 30.5 Å². The topological polar surface area (TPSA) is 94.1 Å². The monoisotopic (exact) mass is 300 g/mol. The molecule has 2 aromatic heterocycles. The van der Waals surface area contributed by atoms with Crippen molar-refractivity contribution >= 4 is 27.3 Å². The maximum absolute atomic E-state index is 12.0. The molecule has 0 aromatic carbocycles.